The van der Waals surface area contributed by atoms with Crippen molar-refractivity contribution in [1.82, 2.24) is 4.98 Å². The molecule has 0 aliphatic carbocycles. The maximum Gasteiger partial charge on any atom is 0.280 e. The second-order valence-electron chi connectivity index (χ2n) is 2.31. The van der Waals surface area contributed by atoms with Crippen molar-refractivity contribution in [3.8, 4) is 5.75 Å². The summed E-state index contributed by atoms with van der Waals surface area (Å²) in [7, 11) is 0. The first kappa shape index (κ1) is 11.1. The van der Waals surface area contributed by atoms with Gasteiger partial charge in [-0.1, -0.05) is 11.6 Å². The number of carbonyl (C=O) groups excluding carboxylic acids is 1. The Bertz CT molecular complexity index is 384. The van der Waals surface area contributed by atoms with Crippen molar-refractivity contribution in [3.63, 3.8) is 0 Å². The van der Waals surface area contributed by atoms with Crippen molar-refractivity contribution in [3.05, 3.63) is 22.5 Å². The number of aromatic hydroxyl groups is 1. The predicted molar refractivity (Wildman–Crippen MR) is 46.1 cm³/mol. The normalized spacial score (nSPS) is 10.6. The molecule has 0 bridgehead atoms. The third kappa shape index (κ3) is 2.10. The monoisotopic (exact) mass is 241 g/mol. The Hall–Kier alpha value is -0.940. The van der Waals surface area contributed by atoms with Crippen molar-refractivity contribution in [2.45, 2.75) is 6.43 Å². The highest BCUT2D eigenvalue weighted by atomic mass is 35.5. The van der Waals surface area contributed by atoms with Crippen LogP contribution in [0.3, 0.4) is 0 Å². The molecule has 0 saturated heterocycles. The molecule has 1 heterocycles. The van der Waals surface area contributed by atoms with Crippen LogP contribution in [0.4, 0.5) is 8.78 Å². The van der Waals surface area contributed by atoms with E-state index in [0.717, 1.165) is 0 Å². The molecule has 0 fully saturated rings. The van der Waals surface area contributed by atoms with E-state index in [1.54, 1.807) is 0 Å². The first-order chi connectivity index (χ1) is 6.43. The minimum atomic E-state index is -2.89. The van der Waals surface area contributed by atoms with Crippen LogP contribution in [0.25, 0.3) is 0 Å². The molecule has 0 radical (unpaired) electrons. The molecular weight excluding hydrogens is 239 g/mol. The van der Waals surface area contributed by atoms with Gasteiger partial charge in [-0.2, -0.15) is 0 Å². The van der Waals surface area contributed by atoms with Crippen molar-refractivity contribution in [2.75, 3.05) is 0 Å². The molecule has 14 heavy (non-hydrogen) atoms. The fourth-order valence-electron chi connectivity index (χ4n) is 0.788. The summed E-state index contributed by atoms with van der Waals surface area (Å²) in [6, 6.07) is 0.696. The summed E-state index contributed by atoms with van der Waals surface area (Å²) in [6.07, 6.45) is -2.89. The Morgan fingerprint density at radius 1 is 1.57 bits per heavy atom. The van der Waals surface area contributed by atoms with E-state index in [9.17, 15) is 13.6 Å². The summed E-state index contributed by atoms with van der Waals surface area (Å²) in [6.45, 7) is 0. The molecule has 0 amide bonds. The van der Waals surface area contributed by atoms with E-state index in [4.69, 9.17) is 28.3 Å². The smallest absolute Gasteiger partial charge is 0.280 e. The summed E-state index contributed by atoms with van der Waals surface area (Å²) >= 11 is 10.3. The Morgan fingerprint density at radius 3 is 2.57 bits per heavy atom. The minimum Gasteiger partial charge on any atom is -0.504 e. The SMILES string of the molecule is O=C(Cl)c1cc(C(F)F)nc(Cl)c1O. The Labute approximate surface area is 87.3 Å². The van der Waals surface area contributed by atoms with Gasteiger partial charge in [-0.3, -0.25) is 4.79 Å². The van der Waals surface area contributed by atoms with E-state index in [-0.39, 0.29) is 0 Å². The van der Waals surface area contributed by atoms with Gasteiger partial charge in [0.25, 0.3) is 11.7 Å². The van der Waals surface area contributed by atoms with Gasteiger partial charge in [-0.05, 0) is 17.7 Å². The molecule has 1 N–H and O–H groups in total. The average molecular weight is 242 g/mol. The molecule has 0 aliphatic rings. The highest BCUT2D eigenvalue weighted by Gasteiger charge is 2.19. The van der Waals surface area contributed by atoms with E-state index in [1.807, 2.05) is 0 Å². The number of halogens is 4. The third-order valence-corrected chi connectivity index (χ3v) is 1.87. The molecule has 0 atom stereocenters. The highest BCUT2D eigenvalue weighted by molar-refractivity contribution is 6.68. The quantitative estimate of drug-likeness (QED) is 0.640. The molecular formula is C7H3Cl2F2NO2. The van der Waals surface area contributed by atoms with Crippen molar-refractivity contribution in [1.29, 1.82) is 0 Å². The summed E-state index contributed by atoms with van der Waals surface area (Å²) in [5.74, 6) is -0.698. The molecule has 3 nitrogen and oxygen atoms in total. The van der Waals surface area contributed by atoms with Gasteiger partial charge >= 0.3 is 0 Å². The number of hydrogen-bond acceptors (Lipinski definition) is 3. The van der Waals surface area contributed by atoms with Crippen molar-refractivity contribution >= 4 is 28.4 Å². The van der Waals surface area contributed by atoms with Crippen LogP contribution in [0.5, 0.6) is 5.75 Å². The predicted octanol–water partition coefficient (Wildman–Crippen LogP) is 2.76. The van der Waals surface area contributed by atoms with Crippen molar-refractivity contribution < 1.29 is 18.7 Å². The summed E-state index contributed by atoms with van der Waals surface area (Å²) in [5, 5.41) is 7.48. The number of rotatable bonds is 2. The number of aromatic nitrogens is 1. The topological polar surface area (TPSA) is 50.2 Å². The Kier molecular flexibility index (Phi) is 3.23. The van der Waals surface area contributed by atoms with Crippen LogP contribution in [-0.2, 0) is 0 Å². The number of hydrogen-bond donors (Lipinski definition) is 1. The Morgan fingerprint density at radius 2 is 2.14 bits per heavy atom. The van der Waals surface area contributed by atoms with Gasteiger partial charge in [0.1, 0.15) is 5.69 Å². The van der Waals surface area contributed by atoms with E-state index >= 15 is 0 Å². The van der Waals surface area contributed by atoms with Crippen LogP contribution in [0.1, 0.15) is 22.5 Å². The molecule has 1 aromatic rings. The number of nitrogens with zero attached hydrogens (tertiary/aromatic N) is 1. The number of pyridine rings is 1. The fraction of sp³-hybridized carbons (Fsp3) is 0.143. The van der Waals surface area contributed by atoms with Gasteiger partial charge in [0, 0.05) is 0 Å². The van der Waals surface area contributed by atoms with E-state index in [2.05, 4.69) is 4.98 Å². The zero-order valence-corrected chi connectivity index (χ0v) is 7.98. The van der Waals surface area contributed by atoms with Gasteiger partial charge in [0.15, 0.2) is 10.9 Å². The maximum atomic E-state index is 12.2. The van der Waals surface area contributed by atoms with Gasteiger partial charge in [-0.25, -0.2) is 13.8 Å². The lowest BCUT2D eigenvalue weighted by molar-refractivity contribution is 0.107. The molecule has 0 saturated carbocycles. The number of carbonyl (C=O) groups is 1. The second-order valence-corrected chi connectivity index (χ2v) is 3.01. The average Bonchev–Trinajstić information content (AvgIpc) is 2.08. The lowest BCUT2D eigenvalue weighted by Gasteiger charge is -2.04. The zero-order chi connectivity index (χ0) is 10.9. The van der Waals surface area contributed by atoms with Crippen LogP contribution < -0.4 is 0 Å². The highest BCUT2D eigenvalue weighted by Crippen LogP contribution is 2.30. The third-order valence-electron chi connectivity index (χ3n) is 1.41. The molecule has 76 valence electrons. The molecule has 0 aliphatic heterocycles. The Balaban J connectivity index is 3.35. The van der Waals surface area contributed by atoms with Crippen LogP contribution in [0, 0.1) is 0 Å². The van der Waals surface area contributed by atoms with Gasteiger partial charge < -0.3 is 5.11 Å². The van der Waals surface area contributed by atoms with Crippen LogP contribution in [0.15, 0.2) is 6.07 Å². The molecule has 7 heteroatoms. The molecule has 1 rings (SSSR count). The summed E-state index contributed by atoms with van der Waals surface area (Å²) < 4.78 is 24.3. The largest absolute Gasteiger partial charge is 0.504 e. The summed E-state index contributed by atoms with van der Waals surface area (Å²) in [4.78, 5) is 13.8. The molecule has 0 aromatic carbocycles. The van der Waals surface area contributed by atoms with Crippen LogP contribution in [0.2, 0.25) is 5.15 Å². The zero-order valence-electron chi connectivity index (χ0n) is 6.47. The standard InChI is InChI=1S/C7H3Cl2F2NO2/c8-5-4(13)2(6(9)14)1-3(12-5)7(10)11/h1,7,13H. The maximum absolute atomic E-state index is 12.2. The first-order valence-electron chi connectivity index (χ1n) is 3.31. The fourth-order valence-corrected chi connectivity index (χ4v) is 1.13. The number of alkyl halides is 2. The molecule has 0 spiro atoms. The lowest BCUT2D eigenvalue weighted by atomic mass is 10.2. The lowest BCUT2D eigenvalue weighted by Crippen LogP contribution is -1.98. The minimum absolute atomic E-state index is 0.484. The molecule has 1 aromatic heterocycles. The van der Waals surface area contributed by atoms with Gasteiger partial charge in [0.2, 0.25) is 0 Å². The van der Waals surface area contributed by atoms with Crippen LogP contribution >= 0.6 is 23.2 Å². The first-order valence-corrected chi connectivity index (χ1v) is 4.06. The molecule has 0 unspecified atom stereocenters. The van der Waals surface area contributed by atoms with Crippen LogP contribution in [-0.4, -0.2) is 15.3 Å². The summed E-state index contributed by atoms with van der Waals surface area (Å²) in [5.41, 5.74) is -1.20. The van der Waals surface area contributed by atoms with Gasteiger partial charge in [0.05, 0.1) is 5.56 Å². The van der Waals surface area contributed by atoms with E-state index in [1.165, 1.54) is 0 Å². The van der Waals surface area contributed by atoms with E-state index in [0.29, 0.717) is 6.07 Å². The second kappa shape index (κ2) is 4.06. The van der Waals surface area contributed by atoms with Crippen molar-refractivity contribution in [2.24, 2.45) is 0 Å². The van der Waals surface area contributed by atoms with E-state index < -0.39 is 33.8 Å². The van der Waals surface area contributed by atoms with Gasteiger partial charge in [-0.15, -0.1) is 0 Å².